The molecule has 0 spiro atoms. The molecule has 21 heavy (non-hydrogen) atoms. The molecule has 2 rings (SSSR count). The molecule has 1 heterocycles. The number of amides is 1. The Morgan fingerprint density at radius 2 is 2.43 bits per heavy atom. The van der Waals surface area contributed by atoms with Gasteiger partial charge in [-0.3, -0.25) is 4.79 Å². The highest BCUT2D eigenvalue weighted by Gasteiger charge is 2.26. The molecule has 6 heteroatoms. The highest BCUT2D eigenvalue weighted by Crippen LogP contribution is 2.26. The van der Waals surface area contributed by atoms with Crippen LogP contribution in [0.25, 0.3) is 0 Å². The second-order valence-corrected chi connectivity index (χ2v) is 6.51. The van der Waals surface area contributed by atoms with Gasteiger partial charge >= 0.3 is 0 Å². The van der Waals surface area contributed by atoms with E-state index < -0.39 is 0 Å². The Kier molecular flexibility index (Phi) is 5.74. The van der Waals surface area contributed by atoms with E-state index in [4.69, 9.17) is 5.26 Å². The number of anilines is 1. The maximum absolute atomic E-state index is 11.9. The summed E-state index contributed by atoms with van der Waals surface area (Å²) < 4.78 is 0. The van der Waals surface area contributed by atoms with E-state index in [0.717, 1.165) is 25.8 Å². The Labute approximate surface area is 129 Å². The Hall–Kier alpha value is -1.42. The number of carbonyl (C=O) groups excluding carboxylic acids is 1. The third kappa shape index (κ3) is 4.53. The lowest BCUT2D eigenvalue weighted by molar-refractivity contribution is -0.116. The number of aliphatic hydroxyl groups is 1. The van der Waals surface area contributed by atoms with E-state index in [1.165, 1.54) is 11.3 Å². The van der Waals surface area contributed by atoms with Crippen molar-refractivity contribution in [1.82, 2.24) is 4.90 Å². The molecule has 2 unspecified atom stereocenters. The van der Waals surface area contributed by atoms with Gasteiger partial charge in [-0.05, 0) is 37.3 Å². The average molecular weight is 307 g/mol. The lowest BCUT2D eigenvalue weighted by Gasteiger charge is -2.22. The summed E-state index contributed by atoms with van der Waals surface area (Å²) in [7, 11) is 1.98. The third-order valence-corrected chi connectivity index (χ3v) is 4.75. The maximum Gasteiger partial charge on any atom is 0.226 e. The van der Waals surface area contributed by atoms with Crippen LogP contribution in [-0.4, -0.2) is 42.2 Å². The summed E-state index contributed by atoms with van der Waals surface area (Å²) in [5.41, 5.74) is 0.510. The zero-order chi connectivity index (χ0) is 15.2. The van der Waals surface area contributed by atoms with Gasteiger partial charge in [0.1, 0.15) is 11.1 Å². The maximum atomic E-state index is 11.9. The van der Waals surface area contributed by atoms with Crippen molar-refractivity contribution in [2.75, 3.05) is 25.5 Å². The fourth-order valence-corrected chi connectivity index (χ4v) is 3.45. The first kappa shape index (κ1) is 16.0. The molecule has 1 saturated carbocycles. The molecule has 0 radical (unpaired) electrons. The molecular formula is C15H21N3O2S. The van der Waals surface area contributed by atoms with E-state index in [-0.39, 0.29) is 12.0 Å². The van der Waals surface area contributed by atoms with Gasteiger partial charge in [0.15, 0.2) is 0 Å². The van der Waals surface area contributed by atoms with Gasteiger partial charge in [-0.15, -0.1) is 11.3 Å². The molecule has 1 aliphatic rings. The summed E-state index contributed by atoms with van der Waals surface area (Å²) in [5.74, 6) is 0.258. The zero-order valence-electron chi connectivity index (χ0n) is 12.2. The minimum absolute atomic E-state index is 0.0761. The van der Waals surface area contributed by atoms with Crippen LogP contribution in [0, 0.1) is 17.2 Å². The first-order chi connectivity index (χ1) is 10.1. The largest absolute Gasteiger partial charge is 0.393 e. The van der Waals surface area contributed by atoms with Crippen LogP contribution in [0.3, 0.4) is 0 Å². The van der Waals surface area contributed by atoms with Crippen molar-refractivity contribution in [3.8, 4) is 6.07 Å². The fourth-order valence-electron chi connectivity index (χ4n) is 2.70. The van der Waals surface area contributed by atoms with Gasteiger partial charge in [-0.2, -0.15) is 5.26 Å². The van der Waals surface area contributed by atoms with Crippen molar-refractivity contribution in [3.05, 3.63) is 17.0 Å². The number of carbonyl (C=O) groups is 1. The van der Waals surface area contributed by atoms with Gasteiger partial charge in [0, 0.05) is 19.5 Å². The SMILES string of the molecule is CN(CCC(=O)Nc1sccc1C#N)CC1CCCC1O. The van der Waals surface area contributed by atoms with E-state index in [2.05, 4.69) is 16.3 Å². The Morgan fingerprint density at radius 1 is 1.62 bits per heavy atom. The normalized spacial score (nSPS) is 21.4. The molecule has 0 aromatic carbocycles. The number of nitrogens with zero attached hydrogens (tertiary/aromatic N) is 2. The van der Waals surface area contributed by atoms with Gasteiger partial charge in [-0.1, -0.05) is 6.42 Å². The van der Waals surface area contributed by atoms with Crippen LogP contribution in [0.4, 0.5) is 5.00 Å². The molecule has 2 N–H and O–H groups in total. The average Bonchev–Trinajstić information content (AvgIpc) is 3.06. The zero-order valence-corrected chi connectivity index (χ0v) is 13.0. The van der Waals surface area contributed by atoms with Crippen LogP contribution < -0.4 is 5.32 Å². The van der Waals surface area contributed by atoms with E-state index in [1.54, 1.807) is 11.4 Å². The Balaban J connectivity index is 1.72. The molecule has 5 nitrogen and oxygen atoms in total. The van der Waals surface area contributed by atoms with Crippen LogP contribution >= 0.6 is 11.3 Å². The summed E-state index contributed by atoms with van der Waals surface area (Å²) in [6.07, 6.45) is 3.26. The third-order valence-electron chi connectivity index (χ3n) is 3.92. The summed E-state index contributed by atoms with van der Waals surface area (Å²) in [6.45, 7) is 1.49. The summed E-state index contributed by atoms with van der Waals surface area (Å²) >= 11 is 1.36. The molecule has 1 fully saturated rings. The first-order valence-electron chi connectivity index (χ1n) is 7.24. The van der Waals surface area contributed by atoms with Crippen molar-refractivity contribution in [2.24, 2.45) is 5.92 Å². The lowest BCUT2D eigenvalue weighted by atomic mass is 10.1. The van der Waals surface area contributed by atoms with Crippen molar-refractivity contribution < 1.29 is 9.90 Å². The number of nitriles is 1. The molecule has 0 saturated heterocycles. The van der Waals surface area contributed by atoms with Gasteiger partial charge in [0.2, 0.25) is 5.91 Å². The van der Waals surface area contributed by atoms with Crippen molar-refractivity contribution in [2.45, 2.75) is 31.8 Å². The quantitative estimate of drug-likeness (QED) is 0.843. The van der Waals surface area contributed by atoms with Gasteiger partial charge in [0.25, 0.3) is 0 Å². The van der Waals surface area contributed by atoms with Crippen molar-refractivity contribution >= 4 is 22.2 Å². The predicted octanol–water partition coefficient (Wildman–Crippen LogP) is 2.04. The molecule has 1 aromatic heterocycles. The van der Waals surface area contributed by atoms with Crippen LogP contribution in [0.1, 0.15) is 31.2 Å². The first-order valence-corrected chi connectivity index (χ1v) is 8.12. The number of rotatable bonds is 6. The standard InChI is InChI=1S/C15H21N3O2S/c1-18(10-12-3-2-4-13(12)19)7-5-14(20)17-15-11(9-16)6-8-21-15/h6,8,12-13,19H,2-5,7,10H2,1H3,(H,17,20). The van der Waals surface area contributed by atoms with Crippen molar-refractivity contribution in [1.29, 1.82) is 5.26 Å². The molecule has 0 bridgehead atoms. The van der Waals surface area contributed by atoms with Gasteiger partial charge in [0.05, 0.1) is 11.7 Å². The fraction of sp³-hybridized carbons (Fsp3) is 0.600. The summed E-state index contributed by atoms with van der Waals surface area (Å²) in [4.78, 5) is 14.0. The number of hydrogen-bond acceptors (Lipinski definition) is 5. The molecular weight excluding hydrogens is 286 g/mol. The smallest absolute Gasteiger partial charge is 0.226 e. The van der Waals surface area contributed by atoms with E-state index in [0.29, 0.717) is 29.4 Å². The van der Waals surface area contributed by atoms with Crippen LogP contribution in [0.15, 0.2) is 11.4 Å². The second kappa shape index (κ2) is 7.55. The van der Waals surface area contributed by atoms with Crippen LogP contribution in [0.2, 0.25) is 0 Å². The van der Waals surface area contributed by atoms with Crippen LogP contribution in [-0.2, 0) is 4.79 Å². The second-order valence-electron chi connectivity index (χ2n) is 5.59. The number of hydrogen-bond donors (Lipinski definition) is 2. The Bertz CT molecular complexity index is 523. The van der Waals surface area contributed by atoms with Crippen LogP contribution in [0.5, 0.6) is 0 Å². The van der Waals surface area contributed by atoms with Gasteiger partial charge in [-0.25, -0.2) is 0 Å². The summed E-state index contributed by atoms with van der Waals surface area (Å²) in [5, 5.41) is 23.9. The predicted molar refractivity (Wildman–Crippen MR) is 83.1 cm³/mol. The van der Waals surface area contributed by atoms with E-state index in [9.17, 15) is 9.90 Å². The highest BCUT2D eigenvalue weighted by molar-refractivity contribution is 7.14. The minimum Gasteiger partial charge on any atom is -0.393 e. The monoisotopic (exact) mass is 307 g/mol. The van der Waals surface area contributed by atoms with E-state index >= 15 is 0 Å². The van der Waals surface area contributed by atoms with Gasteiger partial charge < -0.3 is 15.3 Å². The van der Waals surface area contributed by atoms with Crippen molar-refractivity contribution in [3.63, 3.8) is 0 Å². The molecule has 0 aliphatic heterocycles. The number of nitrogens with one attached hydrogen (secondary N) is 1. The Morgan fingerprint density at radius 3 is 3.10 bits per heavy atom. The summed E-state index contributed by atoms with van der Waals surface area (Å²) in [6, 6.07) is 3.76. The number of thiophene rings is 1. The minimum atomic E-state index is -0.189. The number of aliphatic hydroxyl groups excluding tert-OH is 1. The highest BCUT2D eigenvalue weighted by atomic mass is 32.1. The van der Waals surface area contributed by atoms with E-state index in [1.807, 2.05) is 7.05 Å². The molecule has 1 aromatic rings. The molecule has 114 valence electrons. The molecule has 1 amide bonds. The molecule has 2 atom stereocenters. The lowest BCUT2D eigenvalue weighted by Crippen LogP contribution is -2.32. The molecule has 1 aliphatic carbocycles. The topological polar surface area (TPSA) is 76.4 Å².